The van der Waals surface area contributed by atoms with Crippen molar-refractivity contribution in [3.8, 4) is 5.75 Å². The Hall–Kier alpha value is -2.04. The highest BCUT2D eigenvalue weighted by Crippen LogP contribution is 2.15. The van der Waals surface area contributed by atoms with E-state index in [2.05, 4.69) is 0 Å². The standard InChI is InChI=1S/C16H17NO3.ClH/c17-15(16(18)19)10-12-6-8-14(9-7-12)20-11-13-4-2-1-3-5-13;/h1-9,15H,10-11,17H2,(H,18,19);1H. The fourth-order valence-corrected chi connectivity index (χ4v) is 1.80. The number of halogens is 1. The van der Waals surface area contributed by atoms with E-state index in [4.69, 9.17) is 15.6 Å². The van der Waals surface area contributed by atoms with Crippen LogP contribution >= 0.6 is 12.4 Å². The molecule has 0 aliphatic carbocycles. The fraction of sp³-hybridized carbons (Fsp3) is 0.188. The second kappa shape index (κ2) is 8.29. The molecule has 0 saturated heterocycles. The van der Waals surface area contributed by atoms with Crippen molar-refractivity contribution in [3.05, 3.63) is 65.7 Å². The van der Waals surface area contributed by atoms with Crippen LogP contribution in [0.25, 0.3) is 0 Å². The first-order valence-corrected chi connectivity index (χ1v) is 6.39. The molecule has 1 unspecified atom stereocenters. The van der Waals surface area contributed by atoms with Crippen LogP contribution in [0.1, 0.15) is 11.1 Å². The molecule has 3 N–H and O–H groups in total. The van der Waals surface area contributed by atoms with E-state index in [9.17, 15) is 4.79 Å². The zero-order valence-electron chi connectivity index (χ0n) is 11.4. The summed E-state index contributed by atoms with van der Waals surface area (Å²) in [6.45, 7) is 0.509. The highest BCUT2D eigenvalue weighted by atomic mass is 35.5. The van der Waals surface area contributed by atoms with E-state index < -0.39 is 12.0 Å². The number of benzene rings is 2. The number of carboxylic acids is 1. The van der Waals surface area contributed by atoms with Crippen LogP contribution in [0.2, 0.25) is 0 Å². The number of rotatable bonds is 6. The van der Waals surface area contributed by atoms with Crippen LogP contribution in [0.3, 0.4) is 0 Å². The maximum atomic E-state index is 10.7. The number of carbonyl (C=O) groups is 1. The monoisotopic (exact) mass is 307 g/mol. The molecule has 0 aromatic heterocycles. The van der Waals surface area contributed by atoms with Gasteiger partial charge < -0.3 is 15.6 Å². The summed E-state index contributed by atoms with van der Waals surface area (Å²) < 4.78 is 5.65. The summed E-state index contributed by atoms with van der Waals surface area (Å²) in [5.74, 6) is -0.240. The summed E-state index contributed by atoms with van der Waals surface area (Å²) in [5.41, 5.74) is 7.47. The Morgan fingerprint density at radius 2 is 1.67 bits per heavy atom. The second-order valence-electron chi connectivity index (χ2n) is 4.57. The molecule has 0 saturated carbocycles. The van der Waals surface area contributed by atoms with Gasteiger partial charge >= 0.3 is 5.97 Å². The van der Waals surface area contributed by atoms with Crippen molar-refractivity contribution in [1.29, 1.82) is 0 Å². The zero-order valence-corrected chi connectivity index (χ0v) is 12.3. The van der Waals surface area contributed by atoms with E-state index in [1.165, 1.54) is 0 Å². The normalized spacial score (nSPS) is 11.3. The third-order valence-corrected chi connectivity index (χ3v) is 2.94. The third-order valence-electron chi connectivity index (χ3n) is 2.94. The van der Waals surface area contributed by atoms with E-state index in [-0.39, 0.29) is 12.4 Å². The van der Waals surface area contributed by atoms with Gasteiger partial charge in [-0.25, -0.2) is 0 Å². The maximum absolute atomic E-state index is 10.7. The summed E-state index contributed by atoms with van der Waals surface area (Å²) in [5, 5.41) is 8.76. The smallest absolute Gasteiger partial charge is 0.320 e. The van der Waals surface area contributed by atoms with Crippen molar-refractivity contribution in [1.82, 2.24) is 0 Å². The van der Waals surface area contributed by atoms with Gasteiger partial charge in [0, 0.05) is 0 Å². The first-order chi connectivity index (χ1) is 9.65. The van der Waals surface area contributed by atoms with Crippen LogP contribution in [0.5, 0.6) is 5.75 Å². The number of hydrogen-bond acceptors (Lipinski definition) is 3. The Kier molecular flexibility index (Phi) is 6.72. The van der Waals surface area contributed by atoms with Gasteiger partial charge in [-0.1, -0.05) is 42.5 Å². The first kappa shape index (κ1) is 17.0. The lowest BCUT2D eigenvalue weighted by Gasteiger charge is -2.09. The maximum Gasteiger partial charge on any atom is 0.320 e. The molecule has 112 valence electrons. The van der Waals surface area contributed by atoms with Crippen LogP contribution in [0.4, 0.5) is 0 Å². The topological polar surface area (TPSA) is 72.5 Å². The lowest BCUT2D eigenvalue weighted by atomic mass is 10.1. The van der Waals surface area contributed by atoms with Crippen molar-refractivity contribution in [3.63, 3.8) is 0 Å². The largest absolute Gasteiger partial charge is 0.489 e. The minimum atomic E-state index is -0.991. The van der Waals surface area contributed by atoms with E-state index in [1.807, 2.05) is 54.6 Å². The Morgan fingerprint density at radius 3 is 2.24 bits per heavy atom. The van der Waals surface area contributed by atoms with E-state index in [1.54, 1.807) is 0 Å². The Bertz CT molecular complexity index is 557. The van der Waals surface area contributed by atoms with Crippen LogP contribution in [0, 0.1) is 0 Å². The summed E-state index contributed by atoms with van der Waals surface area (Å²) in [6, 6.07) is 16.4. The van der Waals surface area contributed by atoms with Gasteiger partial charge in [0.05, 0.1) is 0 Å². The number of hydrogen-bond donors (Lipinski definition) is 2. The lowest BCUT2D eigenvalue weighted by molar-refractivity contribution is -0.138. The van der Waals surface area contributed by atoms with Gasteiger partial charge in [-0.3, -0.25) is 4.79 Å². The Morgan fingerprint density at radius 1 is 1.05 bits per heavy atom. The summed E-state index contributed by atoms with van der Waals surface area (Å²) in [7, 11) is 0. The van der Waals surface area contributed by atoms with Crippen molar-refractivity contribution in [2.75, 3.05) is 0 Å². The molecule has 0 amide bonds. The molecule has 0 aliphatic rings. The summed E-state index contributed by atoms with van der Waals surface area (Å²) >= 11 is 0. The van der Waals surface area contributed by atoms with Gasteiger partial charge in [-0.15, -0.1) is 12.4 Å². The van der Waals surface area contributed by atoms with E-state index in [0.717, 1.165) is 16.9 Å². The molecule has 4 nitrogen and oxygen atoms in total. The van der Waals surface area contributed by atoms with Crippen LogP contribution < -0.4 is 10.5 Å². The second-order valence-corrected chi connectivity index (χ2v) is 4.57. The Labute approximate surface area is 130 Å². The molecule has 5 heteroatoms. The minimum Gasteiger partial charge on any atom is -0.489 e. The fourth-order valence-electron chi connectivity index (χ4n) is 1.80. The summed E-state index contributed by atoms with van der Waals surface area (Å²) in [6.07, 6.45) is 0.314. The molecule has 2 aromatic rings. The van der Waals surface area contributed by atoms with Crippen molar-refractivity contribution in [2.24, 2.45) is 5.73 Å². The molecule has 21 heavy (non-hydrogen) atoms. The molecule has 0 spiro atoms. The molecule has 0 fully saturated rings. The van der Waals surface area contributed by atoms with Crippen LogP contribution in [-0.4, -0.2) is 17.1 Å². The quantitative estimate of drug-likeness (QED) is 0.860. The highest BCUT2D eigenvalue weighted by Gasteiger charge is 2.11. The molecular weight excluding hydrogens is 290 g/mol. The van der Waals surface area contributed by atoms with Gasteiger partial charge in [0.15, 0.2) is 0 Å². The number of aliphatic carboxylic acids is 1. The SMILES string of the molecule is Cl.NC(Cc1ccc(OCc2ccccc2)cc1)C(=O)O. The van der Waals surface area contributed by atoms with Crippen molar-refractivity contribution < 1.29 is 14.6 Å². The van der Waals surface area contributed by atoms with Crippen molar-refractivity contribution in [2.45, 2.75) is 19.1 Å². The average Bonchev–Trinajstić information content (AvgIpc) is 2.47. The molecule has 0 radical (unpaired) electrons. The first-order valence-electron chi connectivity index (χ1n) is 6.39. The molecule has 0 aliphatic heterocycles. The summed E-state index contributed by atoms with van der Waals surface area (Å²) in [4.78, 5) is 10.7. The molecule has 2 aromatic carbocycles. The minimum absolute atomic E-state index is 0. The zero-order chi connectivity index (χ0) is 14.4. The number of nitrogens with two attached hydrogens (primary N) is 1. The van der Waals surface area contributed by atoms with Gasteiger partial charge in [0.1, 0.15) is 18.4 Å². The molecule has 1 atom stereocenters. The van der Waals surface area contributed by atoms with Gasteiger partial charge in [0.25, 0.3) is 0 Å². The van der Waals surface area contributed by atoms with Crippen LogP contribution in [0.15, 0.2) is 54.6 Å². The predicted molar refractivity (Wildman–Crippen MR) is 83.8 cm³/mol. The Balaban J connectivity index is 0.00000220. The lowest BCUT2D eigenvalue weighted by Crippen LogP contribution is -2.32. The van der Waals surface area contributed by atoms with E-state index >= 15 is 0 Å². The third kappa shape index (κ3) is 5.45. The molecule has 0 bridgehead atoms. The number of carboxylic acid groups (broad SMARTS) is 1. The van der Waals surface area contributed by atoms with Crippen LogP contribution in [-0.2, 0) is 17.8 Å². The molecule has 0 heterocycles. The van der Waals surface area contributed by atoms with Gasteiger partial charge in [-0.05, 0) is 29.7 Å². The predicted octanol–water partition coefficient (Wildman–Crippen LogP) is 2.64. The number of ether oxygens (including phenoxy) is 1. The average molecular weight is 308 g/mol. The van der Waals surface area contributed by atoms with Crippen molar-refractivity contribution >= 4 is 18.4 Å². The highest BCUT2D eigenvalue weighted by molar-refractivity contribution is 5.85. The van der Waals surface area contributed by atoms with Gasteiger partial charge in [0.2, 0.25) is 0 Å². The molecular formula is C16H18ClNO3. The molecule has 2 rings (SSSR count). The van der Waals surface area contributed by atoms with Gasteiger partial charge in [-0.2, -0.15) is 0 Å². The van der Waals surface area contributed by atoms with E-state index in [0.29, 0.717) is 13.0 Å².